The maximum atomic E-state index is 14.7. The van der Waals surface area contributed by atoms with Gasteiger partial charge in [0, 0.05) is 35.6 Å². The normalized spacial score (nSPS) is 14.8. The molecule has 3 N–H and O–H groups in total. The highest BCUT2D eigenvalue weighted by Crippen LogP contribution is 2.32. The summed E-state index contributed by atoms with van der Waals surface area (Å²) in [5, 5.41) is 6.12. The predicted octanol–water partition coefficient (Wildman–Crippen LogP) is 5.73. The van der Waals surface area contributed by atoms with E-state index in [1.54, 1.807) is 27.7 Å². The number of hydrogen-bond acceptors (Lipinski definition) is 6. The Hall–Kier alpha value is -4.05. The number of rotatable bonds is 8. The lowest BCUT2D eigenvalue weighted by atomic mass is 9.99. The van der Waals surface area contributed by atoms with E-state index >= 15 is 0 Å². The second-order valence-electron chi connectivity index (χ2n) is 11.1. The average molecular weight is 630 g/mol. The van der Waals surface area contributed by atoms with Crippen LogP contribution < -0.4 is 16.6 Å². The molecule has 0 bridgehead atoms. The van der Waals surface area contributed by atoms with E-state index < -0.39 is 11.9 Å². The van der Waals surface area contributed by atoms with Gasteiger partial charge in [-0.2, -0.15) is 0 Å². The summed E-state index contributed by atoms with van der Waals surface area (Å²) in [5.41, 5.74) is 11.9. The molecule has 5 rings (SSSR count). The predicted molar refractivity (Wildman–Crippen MR) is 179 cm³/mol. The van der Waals surface area contributed by atoms with Crippen molar-refractivity contribution in [3.05, 3.63) is 97.2 Å². The van der Waals surface area contributed by atoms with Crippen molar-refractivity contribution in [2.75, 3.05) is 19.6 Å². The fourth-order valence-electron chi connectivity index (χ4n) is 5.54. The fraction of sp³-hybridized carbons (Fsp3) is 0.294. The number of amides is 2. The molecule has 1 aliphatic rings. The van der Waals surface area contributed by atoms with Crippen LogP contribution in [0, 0.1) is 0 Å². The smallest absolute Gasteiger partial charge is 0.265 e. The first-order chi connectivity index (χ1) is 21.1. The zero-order chi connectivity index (χ0) is 31.5. The quantitative estimate of drug-likeness (QED) is 0.259. The number of pyridine rings is 1. The number of benzene rings is 2. The minimum absolute atomic E-state index is 0.139. The summed E-state index contributed by atoms with van der Waals surface area (Å²) in [6, 6.07) is 14.4. The molecule has 44 heavy (non-hydrogen) atoms. The van der Waals surface area contributed by atoms with Gasteiger partial charge in [-0.15, -0.1) is 11.3 Å². The van der Waals surface area contributed by atoms with Gasteiger partial charge in [-0.25, -0.2) is 4.98 Å². The Labute approximate surface area is 266 Å². The van der Waals surface area contributed by atoms with E-state index in [9.17, 15) is 14.4 Å². The summed E-state index contributed by atoms with van der Waals surface area (Å²) < 4.78 is 1.70. The zero-order valence-corrected chi connectivity index (χ0v) is 26.9. The van der Waals surface area contributed by atoms with Crippen molar-refractivity contribution in [3.63, 3.8) is 0 Å². The van der Waals surface area contributed by atoms with Crippen molar-refractivity contribution in [2.24, 2.45) is 5.73 Å². The number of aryl methyl sites for hydroxylation is 2. The maximum Gasteiger partial charge on any atom is 0.265 e. The van der Waals surface area contributed by atoms with E-state index in [2.05, 4.69) is 19.2 Å². The Morgan fingerprint density at radius 3 is 2.41 bits per heavy atom. The van der Waals surface area contributed by atoms with Gasteiger partial charge in [0.2, 0.25) is 5.91 Å². The first-order valence-electron chi connectivity index (χ1n) is 14.7. The molecule has 4 aromatic rings. The highest BCUT2D eigenvalue weighted by molar-refractivity contribution is 7.13. The van der Waals surface area contributed by atoms with E-state index in [4.69, 9.17) is 22.3 Å². The molecule has 0 radical (unpaired) electrons. The monoisotopic (exact) mass is 629 g/mol. The summed E-state index contributed by atoms with van der Waals surface area (Å²) in [5.74, 6) is -0.790. The van der Waals surface area contributed by atoms with Crippen LogP contribution in [0.25, 0.3) is 33.6 Å². The number of carbonyl (C=O) groups excluding carboxylic acids is 2. The fourth-order valence-corrected chi connectivity index (χ4v) is 6.50. The van der Waals surface area contributed by atoms with Crippen molar-refractivity contribution < 1.29 is 9.59 Å². The highest BCUT2D eigenvalue weighted by atomic mass is 35.5. The molecule has 0 aliphatic carbocycles. The van der Waals surface area contributed by atoms with Crippen molar-refractivity contribution in [1.82, 2.24) is 19.8 Å². The molecule has 1 aliphatic heterocycles. The molecule has 1 fully saturated rings. The van der Waals surface area contributed by atoms with Crippen LogP contribution in [0.4, 0.5) is 0 Å². The van der Waals surface area contributed by atoms with Crippen molar-refractivity contribution in [2.45, 2.75) is 46.6 Å². The second-order valence-corrected chi connectivity index (χ2v) is 12.4. The lowest BCUT2D eigenvalue weighted by Crippen LogP contribution is -2.57. The van der Waals surface area contributed by atoms with Crippen molar-refractivity contribution in [3.8, 4) is 27.5 Å². The van der Waals surface area contributed by atoms with Gasteiger partial charge in [-0.1, -0.05) is 61.4 Å². The SMILES string of the molecule is CCc1cccc(CC)c1-n1c(C=C(C)C)c(C(=O)N2CCNC(C(N)=O)C2)cc(-c2nc(-c3ccc(Cl)cc3)cs2)c1=O. The molecule has 1 unspecified atom stereocenters. The van der Waals surface area contributed by atoms with Gasteiger partial charge >= 0.3 is 0 Å². The summed E-state index contributed by atoms with van der Waals surface area (Å²) in [4.78, 5) is 47.6. The summed E-state index contributed by atoms with van der Waals surface area (Å²) in [7, 11) is 0. The van der Waals surface area contributed by atoms with E-state index in [1.165, 1.54) is 11.3 Å². The molecule has 10 heteroatoms. The van der Waals surface area contributed by atoms with Gasteiger partial charge in [0.1, 0.15) is 11.0 Å². The molecule has 228 valence electrons. The number of aromatic nitrogens is 2. The first kappa shape index (κ1) is 31.4. The van der Waals surface area contributed by atoms with Crippen LogP contribution in [0.1, 0.15) is 54.9 Å². The number of piperazine rings is 1. The second kappa shape index (κ2) is 13.3. The molecule has 8 nitrogen and oxygen atoms in total. The molecule has 2 aromatic carbocycles. The Morgan fingerprint density at radius 1 is 1.11 bits per heavy atom. The van der Waals surface area contributed by atoms with Crippen LogP contribution in [0.15, 0.2) is 64.3 Å². The molecule has 2 aromatic heterocycles. The number of hydrogen-bond donors (Lipinski definition) is 2. The number of thiazole rings is 1. The van der Waals surface area contributed by atoms with E-state index in [1.807, 2.05) is 55.6 Å². The third-order valence-corrected chi connectivity index (χ3v) is 8.89. The number of nitrogens with zero attached hydrogens (tertiary/aromatic N) is 3. The molecule has 2 amide bonds. The Kier molecular flexibility index (Phi) is 9.48. The van der Waals surface area contributed by atoms with Gasteiger partial charge in [-0.3, -0.25) is 19.0 Å². The first-order valence-corrected chi connectivity index (χ1v) is 16.0. The van der Waals surface area contributed by atoms with Gasteiger partial charge < -0.3 is 16.0 Å². The number of carbonyl (C=O) groups is 2. The van der Waals surface area contributed by atoms with Gasteiger partial charge in [0.05, 0.1) is 28.2 Å². The van der Waals surface area contributed by atoms with Crippen molar-refractivity contribution in [1.29, 1.82) is 0 Å². The summed E-state index contributed by atoms with van der Waals surface area (Å²) in [6.07, 6.45) is 3.29. The Balaban J connectivity index is 1.80. The Morgan fingerprint density at radius 2 is 1.80 bits per heavy atom. The zero-order valence-electron chi connectivity index (χ0n) is 25.3. The van der Waals surface area contributed by atoms with E-state index in [-0.39, 0.29) is 18.0 Å². The minimum Gasteiger partial charge on any atom is -0.368 e. The third-order valence-electron chi connectivity index (χ3n) is 7.76. The van der Waals surface area contributed by atoms with Gasteiger partial charge in [-0.05, 0) is 62.1 Å². The molecule has 1 saturated heterocycles. The molecule has 0 saturated carbocycles. The highest BCUT2D eigenvalue weighted by Gasteiger charge is 2.31. The van der Waals surface area contributed by atoms with Crippen LogP contribution in [0.5, 0.6) is 0 Å². The van der Waals surface area contributed by atoms with Crippen LogP contribution in [-0.4, -0.2) is 51.9 Å². The molecule has 1 atom stereocenters. The number of halogens is 1. The molecule has 3 heterocycles. The number of primary amides is 1. The third kappa shape index (κ3) is 6.26. The molecular formula is C34H36ClN5O3S. The van der Waals surface area contributed by atoms with Crippen LogP contribution >= 0.6 is 22.9 Å². The standard InChI is InChI=1S/C34H36ClN5O3S/c1-5-21-8-7-9-22(6-2)30(21)40-29(16-20(3)4)25(33(42)39-15-14-37-27(18-39)31(36)41)17-26(34(40)43)32-38-28(19-44-32)23-10-12-24(35)13-11-23/h7-13,16-17,19,27,37H,5-6,14-15,18H2,1-4H3,(H2,36,41). The van der Waals surface area contributed by atoms with Gasteiger partial charge in [0.25, 0.3) is 11.5 Å². The number of para-hydroxylation sites is 1. The molecular weight excluding hydrogens is 594 g/mol. The largest absolute Gasteiger partial charge is 0.368 e. The lowest BCUT2D eigenvalue weighted by Gasteiger charge is -2.33. The summed E-state index contributed by atoms with van der Waals surface area (Å²) >= 11 is 7.45. The number of nitrogens with two attached hydrogens (primary N) is 1. The Bertz CT molecular complexity index is 1780. The summed E-state index contributed by atoms with van der Waals surface area (Å²) in [6.45, 7) is 8.97. The van der Waals surface area contributed by atoms with E-state index in [0.717, 1.165) is 28.0 Å². The lowest BCUT2D eigenvalue weighted by molar-refractivity contribution is -0.120. The number of allylic oxidation sites excluding steroid dienone is 1. The van der Waals surface area contributed by atoms with Crippen LogP contribution in [0.2, 0.25) is 5.02 Å². The average Bonchev–Trinajstić information content (AvgIpc) is 3.51. The van der Waals surface area contributed by atoms with Crippen LogP contribution in [-0.2, 0) is 17.6 Å². The maximum absolute atomic E-state index is 14.7. The van der Waals surface area contributed by atoms with Crippen LogP contribution in [0.3, 0.4) is 0 Å². The topological polar surface area (TPSA) is 110 Å². The minimum atomic E-state index is -0.654. The molecule has 0 spiro atoms. The van der Waals surface area contributed by atoms with Gasteiger partial charge in [0.15, 0.2) is 0 Å². The van der Waals surface area contributed by atoms with Crippen molar-refractivity contribution >= 4 is 40.8 Å². The number of nitrogens with one attached hydrogen (secondary N) is 1. The van der Waals surface area contributed by atoms with E-state index in [0.29, 0.717) is 58.5 Å².